The number of aromatic nitrogens is 2. The van der Waals surface area contributed by atoms with Crippen LogP contribution in [-0.4, -0.2) is 18.2 Å². The van der Waals surface area contributed by atoms with Gasteiger partial charge in [-0.3, -0.25) is 0 Å². The van der Waals surface area contributed by atoms with E-state index in [9.17, 15) is 5.21 Å². The summed E-state index contributed by atoms with van der Waals surface area (Å²) in [6.07, 6.45) is 4.04. The Morgan fingerprint density at radius 1 is 1.47 bits per heavy atom. The first kappa shape index (κ1) is 11.3. The van der Waals surface area contributed by atoms with Gasteiger partial charge in [-0.05, 0) is 12.5 Å². The molecule has 0 saturated heterocycles. The van der Waals surface area contributed by atoms with Crippen molar-refractivity contribution in [3.63, 3.8) is 0 Å². The Labute approximate surface area is 99.6 Å². The second kappa shape index (κ2) is 4.78. The minimum Gasteiger partial charge on any atom is -0.618 e. The molecule has 88 valence electrons. The van der Waals surface area contributed by atoms with Gasteiger partial charge in [-0.25, -0.2) is 9.99 Å². The van der Waals surface area contributed by atoms with Crippen molar-refractivity contribution >= 4 is 23.1 Å². The summed E-state index contributed by atoms with van der Waals surface area (Å²) in [5.41, 5.74) is 1.22. The number of para-hydroxylation sites is 2. The minimum atomic E-state index is 0.531. The Kier molecular flexibility index (Phi) is 3.18. The second-order valence-corrected chi connectivity index (χ2v) is 3.64. The molecule has 0 atom stereocenters. The highest BCUT2D eigenvalue weighted by Crippen LogP contribution is 2.12. The van der Waals surface area contributed by atoms with E-state index < -0.39 is 0 Å². The molecule has 1 aromatic heterocycles. The summed E-state index contributed by atoms with van der Waals surface area (Å²) < 4.78 is 0.815. The molecule has 0 spiro atoms. The van der Waals surface area contributed by atoms with E-state index in [1.165, 1.54) is 6.20 Å². The molecular formula is C12H14N4O. The van der Waals surface area contributed by atoms with Crippen molar-refractivity contribution in [3.8, 4) is 0 Å². The van der Waals surface area contributed by atoms with Crippen LogP contribution in [0.15, 0.2) is 35.6 Å². The summed E-state index contributed by atoms with van der Waals surface area (Å²) in [7, 11) is 1.77. The van der Waals surface area contributed by atoms with E-state index in [4.69, 9.17) is 0 Å². The topological polar surface area (TPSA) is 55.4 Å². The maximum atomic E-state index is 11.8. The molecule has 0 aliphatic heterocycles. The van der Waals surface area contributed by atoms with Gasteiger partial charge in [0.15, 0.2) is 0 Å². The van der Waals surface area contributed by atoms with Gasteiger partial charge < -0.3 is 5.21 Å². The van der Waals surface area contributed by atoms with Crippen LogP contribution in [0.25, 0.3) is 11.0 Å². The largest absolute Gasteiger partial charge is 0.618 e. The Hall–Kier alpha value is -2.17. The van der Waals surface area contributed by atoms with Crippen molar-refractivity contribution in [2.45, 2.75) is 13.3 Å². The number of rotatable bonds is 3. The molecule has 1 heterocycles. The van der Waals surface area contributed by atoms with E-state index >= 15 is 0 Å². The number of hydrogen-bond donors (Lipinski definition) is 0. The van der Waals surface area contributed by atoms with Crippen molar-refractivity contribution in [1.82, 2.24) is 4.98 Å². The fourth-order valence-corrected chi connectivity index (χ4v) is 1.49. The molecule has 0 bridgehead atoms. The predicted octanol–water partition coefficient (Wildman–Crippen LogP) is 1.70. The Bertz CT molecular complexity index is 553. The van der Waals surface area contributed by atoms with Gasteiger partial charge in [0.25, 0.3) is 0 Å². The van der Waals surface area contributed by atoms with Gasteiger partial charge in [0, 0.05) is 19.3 Å². The van der Waals surface area contributed by atoms with Crippen LogP contribution in [0.5, 0.6) is 0 Å². The first-order valence-electron chi connectivity index (χ1n) is 5.47. The number of hydrogen-bond acceptors (Lipinski definition) is 4. The fraction of sp³-hybridized carbons (Fsp3) is 0.250. The van der Waals surface area contributed by atoms with Gasteiger partial charge in [0.1, 0.15) is 5.52 Å². The molecule has 0 unspecified atom stereocenters. The lowest BCUT2D eigenvalue weighted by atomic mass is 10.3. The molecule has 2 rings (SSSR count). The third kappa shape index (κ3) is 2.33. The van der Waals surface area contributed by atoms with E-state index in [-0.39, 0.29) is 0 Å². The quantitative estimate of drug-likeness (QED) is 0.349. The third-order valence-corrected chi connectivity index (χ3v) is 2.36. The van der Waals surface area contributed by atoms with E-state index in [1.807, 2.05) is 25.1 Å². The standard InChI is InChI=1S/C12H14N4O/c1-3-8-13-15(2)12-9-16(17)11-7-5-4-6-10(11)14-12/h4-9H,3H2,1-2H3/b13-8+. The van der Waals surface area contributed by atoms with Crippen LogP contribution < -0.4 is 9.74 Å². The van der Waals surface area contributed by atoms with Gasteiger partial charge in [0.2, 0.25) is 17.5 Å². The van der Waals surface area contributed by atoms with Gasteiger partial charge in [-0.15, -0.1) is 0 Å². The van der Waals surface area contributed by atoms with E-state index in [0.29, 0.717) is 16.9 Å². The maximum Gasteiger partial charge on any atom is 0.242 e. The number of nitrogens with zero attached hydrogens (tertiary/aromatic N) is 4. The van der Waals surface area contributed by atoms with Crippen LogP contribution in [0.3, 0.4) is 0 Å². The number of benzene rings is 1. The average molecular weight is 230 g/mol. The Balaban J connectivity index is 2.46. The van der Waals surface area contributed by atoms with Gasteiger partial charge in [0.05, 0.1) is 0 Å². The van der Waals surface area contributed by atoms with Crippen molar-refractivity contribution < 1.29 is 4.73 Å². The zero-order valence-electron chi connectivity index (χ0n) is 9.87. The molecule has 0 N–H and O–H groups in total. The van der Waals surface area contributed by atoms with Gasteiger partial charge in [-0.2, -0.15) is 9.83 Å². The zero-order valence-corrected chi connectivity index (χ0v) is 9.87. The summed E-state index contributed by atoms with van der Waals surface area (Å²) in [4.78, 5) is 4.38. The van der Waals surface area contributed by atoms with Gasteiger partial charge >= 0.3 is 0 Å². The number of anilines is 1. The summed E-state index contributed by atoms with van der Waals surface area (Å²) in [5, 5.41) is 17.5. The van der Waals surface area contributed by atoms with Crippen LogP contribution in [0.1, 0.15) is 13.3 Å². The molecule has 0 aliphatic rings. The summed E-state index contributed by atoms with van der Waals surface area (Å²) in [5.74, 6) is 0.531. The molecule has 0 aliphatic carbocycles. The van der Waals surface area contributed by atoms with Crippen molar-refractivity contribution in [2.24, 2.45) is 5.10 Å². The Morgan fingerprint density at radius 3 is 3.00 bits per heavy atom. The second-order valence-electron chi connectivity index (χ2n) is 3.64. The van der Waals surface area contributed by atoms with Crippen molar-refractivity contribution in [3.05, 3.63) is 35.7 Å². The normalized spacial score (nSPS) is 11.2. The molecule has 0 saturated carbocycles. The van der Waals surface area contributed by atoms with Crippen LogP contribution in [0.2, 0.25) is 0 Å². The molecule has 5 heteroatoms. The lowest BCUT2D eigenvalue weighted by Crippen LogP contribution is -2.29. The van der Waals surface area contributed by atoms with Crippen molar-refractivity contribution in [1.29, 1.82) is 0 Å². The lowest BCUT2D eigenvalue weighted by molar-refractivity contribution is -0.576. The molecule has 2 aromatic rings. The summed E-state index contributed by atoms with van der Waals surface area (Å²) in [6, 6.07) is 7.23. The molecule has 5 nitrogen and oxygen atoms in total. The van der Waals surface area contributed by atoms with E-state index in [0.717, 1.165) is 11.2 Å². The van der Waals surface area contributed by atoms with Crippen LogP contribution in [0, 0.1) is 5.21 Å². The minimum absolute atomic E-state index is 0.531. The SMILES string of the molecule is CC/C=N/N(C)c1c[n+]([O-])c2ccccc2n1. The van der Waals surface area contributed by atoms with Gasteiger partial charge in [-0.1, -0.05) is 19.1 Å². The lowest BCUT2D eigenvalue weighted by Gasteiger charge is -2.11. The molecular weight excluding hydrogens is 216 g/mol. The molecule has 1 aromatic carbocycles. The molecule has 0 fully saturated rings. The summed E-state index contributed by atoms with van der Waals surface area (Å²) in [6.45, 7) is 2.00. The molecule has 0 radical (unpaired) electrons. The monoisotopic (exact) mass is 230 g/mol. The third-order valence-electron chi connectivity index (χ3n) is 2.36. The fourth-order valence-electron chi connectivity index (χ4n) is 1.49. The predicted molar refractivity (Wildman–Crippen MR) is 67.9 cm³/mol. The summed E-state index contributed by atoms with van der Waals surface area (Å²) >= 11 is 0. The highest BCUT2D eigenvalue weighted by molar-refractivity contribution is 5.72. The van der Waals surface area contributed by atoms with Crippen LogP contribution in [0.4, 0.5) is 5.82 Å². The van der Waals surface area contributed by atoms with E-state index in [1.54, 1.807) is 24.3 Å². The Morgan fingerprint density at radius 2 is 2.24 bits per heavy atom. The highest BCUT2D eigenvalue weighted by atomic mass is 16.5. The number of fused-ring (bicyclic) bond motifs is 1. The maximum absolute atomic E-state index is 11.8. The zero-order chi connectivity index (χ0) is 12.3. The average Bonchev–Trinajstić information content (AvgIpc) is 2.36. The molecule has 17 heavy (non-hydrogen) atoms. The van der Waals surface area contributed by atoms with E-state index in [2.05, 4.69) is 10.1 Å². The smallest absolute Gasteiger partial charge is 0.242 e. The first-order chi connectivity index (χ1) is 8.22. The van der Waals surface area contributed by atoms with Crippen LogP contribution in [-0.2, 0) is 0 Å². The highest BCUT2D eigenvalue weighted by Gasteiger charge is 2.10. The number of hydrazone groups is 1. The molecule has 0 amide bonds. The van der Waals surface area contributed by atoms with Crippen LogP contribution >= 0.6 is 0 Å². The van der Waals surface area contributed by atoms with Crippen molar-refractivity contribution in [2.75, 3.05) is 12.1 Å². The first-order valence-corrected chi connectivity index (χ1v) is 5.47.